The van der Waals surface area contributed by atoms with Gasteiger partial charge < -0.3 is 15.2 Å². The number of carboxylic acid groups (broad SMARTS) is 1. The molecule has 0 aliphatic heterocycles. The molecule has 0 bridgehead atoms. The highest BCUT2D eigenvalue weighted by Gasteiger charge is 2.22. The van der Waals surface area contributed by atoms with Crippen LogP contribution >= 0.6 is 0 Å². The highest BCUT2D eigenvalue weighted by Crippen LogP contribution is 2.22. The van der Waals surface area contributed by atoms with Gasteiger partial charge in [-0.25, -0.2) is 0 Å². The lowest BCUT2D eigenvalue weighted by molar-refractivity contribution is -0.313. The molecule has 0 heterocycles. The molecule has 1 rings (SSSR count). The minimum Gasteiger partial charge on any atom is -0.550 e. The number of nitrogens with one attached hydrogen (secondary N) is 1. The van der Waals surface area contributed by atoms with E-state index in [9.17, 15) is 14.7 Å². The van der Waals surface area contributed by atoms with Gasteiger partial charge in [0.15, 0.2) is 0 Å². The fourth-order valence-electron chi connectivity index (χ4n) is 3.03. The van der Waals surface area contributed by atoms with E-state index in [-0.39, 0.29) is 11.8 Å². The Kier molecular flexibility index (Phi) is 7.63. The summed E-state index contributed by atoms with van der Waals surface area (Å²) in [6.45, 7) is 3.88. The molecular weight excluding hydrogens is 254 g/mol. The number of hydrogen-bond donors (Lipinski definition) is 1. The fraction of sp³-hybridized carbons (Fsp3) is 0.875. The largest absolute Gasteiger partial charge is 0.550 e. The summed E-state index contributed by atoms with van der Waals surface area (Å²) in [4.78, 5) is 23.2. The summed E-state index contributed by atoms with van der Waals surface area (Å²) < 4.78 is 0. The van der Waals surface area contributed by atoms with Crippen LogP contribution < -0.4 is 10.4 Å². The van der Waals surface area contributed by atoms with Crippen molar-refractivity contribution in [3.63, 3.8) is 0 Å². The Morgan fingerprint density at radius 1 is 1.25 bits per heavy atom. The topological polar surface area (TPSA) is 69.2 Å². The third kappa shape index (κ3) is 5.93. The predicted molar refractivity (Wildman–Crippen MR) is 76.8 cm³/mol. The maximum Gasteiger partial charge on any atom is 0.220 e. The van der Waals surface area contributed by atoms with E-state index in [1.54, 1.807) is 0 Å². The average molecular weight is 282 g/mol. The van der Waals surface area contributed by atoms with Crippen molar-refractivity contribution in [2.75, 3.05) is 0 Å². The van der Waals surface area contributed by atoms with Crippen molar-refractivity contribution in [2.24, 2.45) is 11.8 Å². The van der Waals surface area contributed by atoms with Crippen LogP contribution in [0.2, 0.25) is 0 Å². The van der Waals surface area contributed by atoms with E-state index in [1.165, 1.54) is 19.3 Å². The van der Waals surface area contributed by atoms with Crippen molar-refractivity contribution < 1.29 is 14.7 Å². The van der Waals surface area contributed by atoms with Crippen LogP contribution in [-0.4, -0.2) is 17.9 Å². The molecule has 0 unspecified atom stereocenters. The van der Waals surface area contributed by atoms with Gasteiger partial charge in [0.25, 0.3) is 0 Å². The van der Waals surface area contributed by atoms with Gasteiger partial charge >= 0.3 is 0 Å². The van der Waals surface area contributed by atoms with Gasteiger partial charge in [-0.3, -0.25) is 4.79 Å². The van der Waals surface area contributed by atoms with Gasteiger partial charge in [-0.15, -0.1) is 0 Å². The second kappa shape index (κ2) is 8.98. The van der Waals surface area contributed by atoms with Gasteiger partial charge in [0.2, 0.25) is 5.91 Å². The Bertz CT molecular complexity index is 311. The first-order valence-electron chi connectivity index (χ1n) is 8.04. The molecule has 2 atom stereocenters. The van der Waals surface area contributed by atoms with Crippen LogP contribution in [0.5, 0.6) is 0 Å². The summed E-state index contributed by atoms with van der Waals surface area (Å²) in [5.74, 6) is -1.69. The Labute approximate surface area is 122 Å². The SMILES string of the molecule is CCCC[C@@H](C(=O)[O-])[C@@H](C)CC(=O)NC1CCCCC1. The van der Waals surface area contributed by atoms with Crippen LogP contribution in [0, 0.1) is 11.8 Å². The summed E-state index contributed by atoms with van der Waals surface area (Å²) in [6, 6.07) is 0.292. The first-order valence-corrected chi connectivity index (χ1v) is 8.04. The molecule has 4 nitrogen and oxygen atoms in total. The smallest absolute Gasteiger partial charge is 0.220 e. The second-order valence-electron chi connectivity index (χ2n) is 6.15. The third-order valence-electron chi connectivity index (χ3n) is 4.34. The standard InChI is InChI=1S/C16H29NO3/c1-3-4-10-14(16(19)20)12(2)11-15(18)17-13-8-6-5-7-9-13/h12-14H,3-11H2,1-2H3,(H,17,18)(H,19,20)/p-1/t12-,14+/m0/s1. The number of rotatable bonds is 8. The van der Waals surface area contributed by atoms with E-state index < -0.39 is 11.9 Å². The number of amides is 1. The molecule has 0 radical (unpaired) electrons. The molecule has 20 heavy (non-hydrogen) atoms. The zero-order chi connectivity index (χ0) is 15.0. The van der Waals surface area contributed by atoms with E-state index in [0.717, 1.165) is 25.7 Å². The Morgan fingerprint density at radius 3 is 2.45 bits per heavy atom. The molecular formula is C16H28NO3-. The number of unbranched alkanes of at least 4 members (excludes halogenated alkanes) is 1. The van der Waals surface area contributed by atoms with Crippen molar-refractivity contribution in [3.8, 4) is 0 Å². The number of carbonyl (C=O) groups excluding carboxylic acids is 2. The van der Waals surface area contributed by atoms with E-state index in [4.69, 9.17) is 0 Å². The minimum absolute atomic E-state index is 0.00727. The molecule has 1 fully saturated rings. The highest BCUT2D eigenvalue weighted by molar-refractivity contribution is 5.77. The maximum atomic E-state index is 12.0. The zero-order valence-corrected chi connectivity index (χ0v) is 12.8. The third-order valence-corrected chi connectivity index (χ3v) is 4.34. The van der Waals surface area contributed by atoms with Crippen LogP contribution in [0.3, 0.4) is 0 Å². The van der Waals surface area contributed by atoms with Crippen LogP contribution in [0.15, 0.2) is 0 Å². The summed E-state index contributed by atoms with van der Waals surface area (Å²) in [5, 5.41) is 14.2. The lowest BCUT2D eigenvalue weighted by Crippen LogP contribution is -2.40. The van der Waals surface area contributed by atoms with Crippen molar-refractivity contribution in [3.05, 3.63) is 0 Å². The predicted octanol–water partition coefficient (Wildman–Crippen LogP) is 2.02. The molecule has 1 aliphatic rings. The summed E-state index contributed by atoms with van der Waals surface area (Å²) in [7, 11) is 0. The van der Waals surface area contributed by atoms with Crippen LogP contribution in [0.4, 0.5) is 0 Å². The van der Waals surface area contributed by atoms with E-state index in [1.807, 2.05) is 13.8 Å². The van der Waals surface area contributed by atoms with Crippen LogP contribution in [-0.2, 0) is 9.59 Å². The van der Waals surface area contributed by atoms with Gasteiger partial charge in [0, 0.05) is 24.3 Å². The van der Waals surface area contributed by atoms with Crippen molar-refractivity contribution in [1.82, 2.24) is 5.32 Å². The second-order valence-corrected chi connectivity index (χ2v) is 6.15. The van der Waals surface area contributed by atoms with Gasteiger partial charge in [0.1, 0.15) is 0 Å². The monoisotopic (exact) mass is 282 g/mol. The fourth-order valence-corrected chi connectivity index (χ4v) is 3.03. The lowest BCUT2D eigenvalue weighted by atomic mass is 9.86. The zero-order valence-electron chi connectivity index (χ0n) is 12.8. The average Bonchev–Trinajstić information content (AvgIpc) is 2.39. The normalized spacial score (nSPS) is 19.3. The Balaban J connectivity index is 2.39. The quantitative estimate of drug-likeness (QED) is 0.740. The maximum absolute atomic E-state index is 12.0. The molecule has 116 valence electrons. The molecule has 0 spiro atoms. The lowest BCUT2D eigenvalue weighted by Gasteiger charge is -2.27. The Hall–Kier alpha value is -1.06. The molecule has 0 aromatic rings. The first-order chi connectivity index (χ1) is 9.54. The van der Waals surface area contributed by atoms with Crippen molar-refractivity contribution in [2.45, 2.75) is 77.7 Å². The molecule has 4 heteroatoms. The molecule has 0 saturated heterocycles. The van der Waals surface area contributed by atoms with E-state index >= 15 is 0 Å². The number of aliphatic carboxylic acids is 1. The molecule has 1 saturated carbocycles. The summed E-state index contributed by atoms with van der Waals surface area (Å²) >= 11 is 0. The van der Waals surface area contributed by atoms with Crippen LogP contribution in [0.1, 0.15) is 71.6 Å². The highest BCUT2D eigenvalue weighted by atomic mass is 16.4. The first kappa shape index (κ1) is 17.0. The molecule has 0 aromatic heterocycles. The molecule has 1 N–H and O–H groups in total. The summed E-state index contributed by atoms with van der Waals surface area (Å²) in [6.07, 6.45) is 8.46. The van der Waals surface area contributed by atoms with Crippen LogP contribution in [0.25, 0.3) is 0 Å². The van der Waals surface area contributed by atoms with Gasteiger partial charge in [-0.05, 0) is 25.2 Å². The molecule has 1 amide bonds. The van der Waals surface area contributed by atoms with E-state index in [0.29, 0.717) is 18.9 Å². The van der Waals surface area contributed by atoms with Gasteiger partial charge in [-0.1, -0.05) is 46.0 Å². The van der Waals surface area contributed by atoms with Gasteiger partial charge in [0.05, 0.1) is 0 Å². The number of hydrogen-bond acceptors (Lipinski definition) is 3. The Morgan fingerprint density at radius 2 is 1.90 bits per heavy atom. The molecule has 1 aliphatic carbocycles. The summed E-state index contributed by atoms with van der Waals surface area (Å²) in [5.41, 5.74) is 0. The van der Waals surface area contributed by atoms with E-state index in [2.05, 4.69) is 5.32 Å². The van der Waals surface area contributed by atoms with Crippen molar-refractivity contribution in [1.29, 1.82) is 0 Å². The van der Waals surface area contributed by atoms with Gasteiger partial charge in [-0.2, -0.15) is 0 Å². The molecule has 0 aromatic carbocycles. The number of carbonyl (C=O) groups is 2. The number of carboxylic acids is 1. The van der Waals surface area contributed by atoms with Crippen molar-refractivity contribution >= 4 is 11.9 Å². The minimum atomic E-state index is -1.02.